The van der Waals surface area contributed by atoms with Gasteiger partial charge in [0.15, 0.2) is 5.96 Å². The van der Waals surface area contributed by atoms with Crippen molar-refractivity contribution in [2.75, 3.05) is 13.1 Å². The van der Waals surface area contributed by atoms with E-state index in [4.69, 9.17) is 22.3 Å². The van der Waals surface area contributed by atoms with Gasteiger partial charge in [-0.1, -0.05) is 0 Å². The zero-order chi connectivity index (χ0) is 16.4. The molecule has 120 valence electrons. The Labute approximate surface area is 122 Å². The second-order valence-corrected chi connectivity index (χ2v) is 4.41. The summed E-state index contributed by atoms with van der Waals surface area (Å²) < 4.78 is 0. The number of carboxylic acid groups (broad SMARTS) is 1. The van der Waals surface area contributed by atoms with Gasteiger partial charge in [-0.3, -0.25) is 19.4 Å². The fourth-order valence-corrected chi connectivity index (χ4v) is 1.36. The van der Waals surface area contributed by atoms with Crippen LogP contribution in [-0.2, 0) is 14.4 Å². The Morgan fingerprint density at radius 1 is 1.24 bits per heavy atom. The van der Waals surface area contributed by atoms with Gasteiger partial charge >= 0.3 is 5.97 Å². The summed E-state index contributed by atoms with van der Waals surface area (Å²) in [5, 5.41) is 13.2. The number of aliphatic imine (C=N–C) groups is 1. The Bertz CT molecular complexity index is 406. The second-order valence-electron chi connectivity index (χ2n) is 4.41. The highest BCUT2D eigenvalue weighted by molar-refractivity contribution is 5.90. The van der Waals surface area contributed by atoms with Crippen molar-refractivity contribution in [1.82, 2.24) is 10.6 Å². The van der Waals surface area contributed by atoms with E-state index in [0.29, 0.717) is 13.0 Å². The molecule has 0 radical (unpaired) electrons. The molecule has 0 aliphatic rings. The van der Waals surface area contributed by atoms with E-state index in [-0.39, 0.29) is 12.4 Å². The first-order valence-corrected chi connectivity index (χ1v) is 6.35. The number of nitrogens with two attached hydrogens (primary N) is 3. The molecule has 0 fully saturated rings. The molecule has 2 unspecified atom stereocenters. The number of aliphatic carboxylic acids is 1. The van der Waals surface area contributed by atoms with Crippen molar-refractivity contribution in [2.24, 2.45) is 22.2 Å². The van der Waals surface area contributed by atoms with Crippen molar-refractivity contribution in [2.45, 2.75) is 31.8 Å². The Hall–Kier alpha value is -2.36. The third-order valence-electron chi connectivity index (χ3n) is 2.41. The summed E-state index contributed by atoms with van der Waals surface area (Å²) in [5.41, 5.74) is 15.7. The van der Waals surface area contributed by atoms with E-state index in [0.717, 1.165) is 0 Å². The van der Waals surface area contributed by atoms with Gasteiger partial charge in [0.25, 0.3) is 0 Å². The standard InChI is InChI=1S/C11H22N6O4/c1-6(12)9(20)17-7(3-2-4-15-11(13)14)10(21)16-5-8(18)19/h6-7H,2-5,12H2,1H3,(H,16,21)(H,17,20)(H,18,19)(H4,13,14,15). The number of guanidine groups is 1. The molecule has 10 heteroatoms. The maximum Gasteiger partial charge on any atom is 0.322 e. The predicted octanol–water partition coefficient (Wildman–Crippen LogP) is -2.93. The van der Waals surface area contributed by atoms with Gasteiger partial charge in [-0.15, -0.1) is 0 Å². The summed E-state index contributed by atoms with van der Waals surface area (Å²) in [6, 6.07) is -1.67. The molecule has 0 aliphatic heterocycles. The van der Waals surface area contributed by atoms with Crippen molar-refractivity contribution in [1.29, 1.82) is 0 Å². The number of nitrogens with one attached hydrogen (secondary N) is 2. The van der Waals surface area contributed by atoms with Crippen LogP contribution in [-0.4, -0.2) is 54.0 Å². The summed E-state index contributed by atoms with van der Waals surface area (Å²) in [7, 11) is 0. The zero-order valence-electron chi connectivity index (χ0n) is 11.8. The quantitative estimate of drug-likeness (QED) is 0.149. The highest BCUT2D eigenvalue weighted by Crippen LogP contribution is 1.99. The lowest BCUT2D eigenvalue weighted by molar-refractivity contribution is -0.138. The molecule has 0 bridgehead atoms. The molecule has 0 aromatic carbocycles. The van der Waals surface area contributed by atoms with Gasteiger partial charge < -0.3 is 32.9 Å². The van der Waals surface area contributed by atoms with Crippen molar-refractivity contribution < 1.29 is 19.5 Å². The van der Waals surface area contributed by atoms with Crippen LogP contribution >= 0.6 is 0 Å². The van der Waals surface area contributed by atoms with Crippen LogP contribution in [0.3, 0.4) is 0 Å². The Balaban J connectivity index is 4.52. The highest BCUT2D eigenvalue weighted by atomic mass is 16.4. The number of amides is 2. The van der Waals surface area contributed by atoms with Crippen molar-refractivity contribution in [3.8, 4) is 0 Å². The van der Waals surface area contributed by atoms with Crippen LogP contribution in [0.25, 0.3) is 0 Å². The molecule has 2 atom stereocenters. The second kappa shape index (κ2) is 9.53. The Morgan fingerprint density at radius 2 is 1.86 bits per heavy atom. The van der Waals surface area contributed by atoms with Gasteiger partial charge in [0.1, 0.15) is 12.6 Å². The molecular weight excluding hydrogens is 280 g/mol. The normalized spacial score (nSPS) is 12.9. The summed E-state index contributed by atoms with van der Waals surface area (Å²) in [4.78, 5) is 37.5. The fourth-order valence-electron chi connectivity index (χ4n) is 1.36. The third-order valence-corrected chi connectivity index (χ3v) is 2.41. The molecule has 0 heterocycles. The van der Waals surface area contributed by atoms with Gasteiger partial charge in [-0.25, -0.2) is 0 Å². The SMILES string of the molecule is CC(N)C(=O)NC(CCCN=C(N)N)C(=O)NCC(=O)O. The number of rotatable bonds is 9. The lowest BCUT2D eigenvalue weighted by Gasteiger charge is -2.18. The average Bonchev–Trinajstić information content (AvgIpc) is 2.38. The predicted molar refractivity (Wildman–Crippen MR) is 76.1 cm³/mol. The number of carboxylic acids is 1. The zero-order valence-corrected chi connectivity index (χ0v) is 11.8. The highest BCUT2D eigenvalue weighted by Gasteiger charge is 2.22. The molecule has 10 nitrogen and oxygen atoms in total. The summed E-state index contributed by atoms with van der Waals surface area (Å²) in [5.74, 6) is -2.36. The first-order valence-electron chi connectivity index (χ1n) is 6.35. The largest absolute Gasteiger partial charge is 0.480 e. The maximum atomic E-state index is 11.8. The summed E-state index contributed by atoms with van der Waals surface area (Å²) in [6.45, 7) is 1.23. The molecule has 0 rings (SSSR count). The Morgan fingerprint density at radius 3 is 2.33 bits per heavy atom. The van der Waals surface area contributed by atoms with Crippen LogP contribution < -0.4 is 27.8 Å². The van der Waals surface area contributed by atoms with Gasteiger partial charge in [-0.2, -0.15) is 0 Å². The number of carbonyl (C=O) groups excluding carboxylic acids is 2. The van der Waals surface area contributed by atoms with Crippen LogP contribution in [0.5, 0.6) is 0 Å². The van der Waals surface area contributed by atoms with Gasteiger partial charge in [0.2, 0.25) is 11.8 Å². The van der Waals surface area contributed by atoms with E-state index in [9.17, 15) is 14.4 Å². The van der Waals surface area contributed by atoms with Crippen LogP contribution in [0, 0.1) is 0 Å². The van der Waals surface area contributed by atoms with Crippen molar-refractivity contribution >= 4 is 23.7 Å². The molecule has 0 spiro atoms. The minimum Gasteiger partial charge on any atom is -0.480 e. The van der Waals surface area contributed by atoms with E-state index in [1.807, 2.05) is 0 Å². The Kier molecular flexibility index (Phi) is 8.46. The first kappa shape index (κ1) is 18.6. The molecule has 0 aliphatic carbocycles. The molecule has 21 heavy (non-hydrogen) atoms. The lowest BCUT2D eigenvalue weighted by Crippen LogP contribution is -2.51. The monoisotopic (exact) mass is 302 g/mol. The molecule has 9 N–H and O–H groups in total. The van der Waals surface area contributed by atoms with Crippen LogP contribution in [0.15, 0.2) is 4.99 Å². The smallest absolute Gasteiger partial charge is 0.322 e. The fraction of sp³-hybridized carbons (Fsp3) is 0.636. The minimum atomic E-state index is -1.18. The van der Waals surface area contributed by atoms with Gasteiger partial charge in [-0.05, 0) is 19.8 Å². The van der Waals surface area contributed by atoms with Crippen molar-refractivity contribution in [3.05, 3.63) is 0 Å². The number of carbonyl (C=O) groups is 3. The number of hydrogen-bond donors (Lipinski definition) is 6. The molecule has 0 saturated heterocycles. The lowest BCUT2D eigenvalue weighted by atomic mass is 10.1. The minimum absolute atomic E-state index is 0.0681. The summed E-state index contributed by atoms with van der Waals surface area (Å²) in [6.07, 6.45) is 0.684. The molecule has 0 saturated carbocycles. The third kappa shape index (κ3) is 9.21. The molecular formula is C11H22N6O4. The van der Waals surface area contributed by atoms with E-state index in [1.165, 1.54) is 6.92 Å². The number of hydrogen-bond acceptors (Lipinski definition) is 5. The van der Waals surface area contributed by atoms with Crippen molar-refractivity contribution in [3.63, 3.8) is 0 Å². The van der Waals surface area contributed by atoms with E-state index in [1.54, 1.807) is 0 Å². The molecule has 2 amide bonds. The van der Waals surface area contributed by atoms with E-state index < -0.39 is 36.4 Å². The van der Waals surface area contributed by atoms with Crippen LogP contribution in [0.4, 0.5) is 0 Å². The van der Waals surface area contributed by atoms with E-state index >= 15 is 0 Å². The topological polar surface area (TPSA) is 186 Å². The molecule has 0 aromatic heterocycles. The molecule has 0 aromatic rings. The van der Waals surface area contributed by atoms with E-state index in [2.05, 4.69) is 15.6 Å². The average molecular weight is 302 g/mol. The summed E-state index contributed by atoms with van der Waals surface area (Å²) >= 11 is 0. The number of nitrogens with zero attached hydrogens (tertiary/aromatic N) is 1. The van der Waals surface area contributed by atoms with Crippen LogP contribution in [0.1, 0.15) is 19.8 Å². The van der Waals surface area contributed by atoms with Gasteiger partial charge in [0.05, 0.1) is 6.04 Å². The maximum absolute atomic E-state index is 11.8. The first-order chi connectivity index (χ1) is 9.73. The van der Waals surface area contributed by atoms with Gasteiger partial charge in [0, 0.05) is 6.54 Å². The van der Waals surface area contributed by atoms with Crippen LogP contribution in [0.2, 0.25) is 0 Å².